The molecule has 0 saturated heterocycles. The number of rotatable bonds is 4. The van der Waals surface area contributed by atoms with Gasteiger partial charge in [-0.1, -0.05) is 0 Å². The predicted octanol–water partition coefficient (Wildman–Crippen LogP) is -0.341. The number of aliphatic carboxylic acids is 1. The maximum absolute atomic E-state index is 10.6. The SMILES string of the molecule is CC(=O)N[C@H](C(=O)O)[C@@H](C)OC(=O)O. The predicted molar refractivity (Wildman–Crippen MR) is 43.8 cm³/mol. The Balaban J connectivity index is 4.40. The van der Waals surface area contributed by atoms with Crippen molar-refractivity contribution in [3.8, 4) is 0 Å². The number of carboxylic acid groups (broad SMARTS) is 2. The van der Waals surface area contributed by atoms with Gasteiger partial charge in [0.05, 0.1) is 0 Å². The van der Waals surface area contributed by atoms with E-state index in [9.17, 15) is 14.4 Å². The molecule has 0 bridgehead atoms. The van der Waals surface area contributed by atoms with Crippen LogP contribution in [0, 0.1) is 0 Å². The van der Waals surface area contributed by atoms with Gasteiger partial charge in [0, 0.05) is 6.92 Å². The van der Waals surface area contributed by atoms with Crippen molar-refractivity contribution in [3.05, 3.63) is 0 Å². The van der Waals surface area contributed by atoms with Gasteiger partial charge in [-0.05, 0) is 6.92 Å². The molecular formula is C7H11NO6. The zero-order chi connectivity index (χ0) is 11.3. The molecule has 0 spiro atoms. The van der Waals surface area contributed by atoms with Crippen molar-refractivity contribution in [2.24, 2.45) is 0 Å². The van der Waals surface area contributed by atoms with E-state index in [0.717, 1.165) is 6.92 Å². The Morgan fingerprint density at radius 3 is 2.07 bits per heavy atom. The number of amides is 1. The molecule has 7 nitrogen and oxygen atoms in total. The Bertz CT molecular complexity index is 251. The quantitative estimate of drug-likeness (QED) is 0.541. The highest BCUT2D eigenvalue weighted by Gasteiger charge is 2.28. The number of carbonyl (C=O) groups excluding carboxylic acids is 1. The van der Waals surface area contributed by atoms with Crippen LogP contribution in [0.1, 0.15) is 13.8 Å². The zero-order valence-electron chi connectivity index (χ0n) is 7.68. The van der Waals surface area contributed by atoms with Crippen molar-refractivity contribution in [2.45, 2.75) is 26.0 Å². The Morgan fingerprint density at radius 1 is 1.29 bits per heavy atom. The van der Waals surface area contributed by atoms with E-state index >= 15 is 0 Å². The van der Waals surface area contributed by atoms with Gasteiger partial charge >= 0.3 is 12.1 Å². The molecule has 0 fully saturated rings. The van der Waals surface area contributed by atoms with Gasteiger partial charge < -0.3 is 20.3 Å². The lowest BCUT2D eigenvalue weighted by molar-refractivity contribution is -0.144. The molecule has 0 saturated carbocycles. The van der Waals surface area contributed by atoms with Crippen LogP contribution in [0.4, 0.5) is 4.79 Å². The zero-order valence-corrected chi connectivity index (χ0v) is 7.68. The van der Waals surface area contributed by atoms with E-state index in [1.165, 1.54) is 6.92 Å². The molecule has 0 rings (SSSR count). The van der Waals surface area contributed by atoms with Gasteiger partial charge in [0.15, 0.2) is 6.04 Å². The standard InChI is InChI=1S/C7H11NO6/c1-3(14-7(12)13)5(6(10)11)8-4(2)9/h3,5H,1-2H3,(H,8,9)(H,10,11)(H,12,13)/t3-,5+/m1/s1. The minimum absolute atomic E-state index is 0.571. The first-order valence-corrected chi connectivity index (χ1v) is 3.74. The molecule has 0 aromatic carbocycles. The van der Waals surface area contributed by atoms with Crippen LogP contribution in [0.2, 0.25) is 0 Å². The molecule has 0 aliphatic carbocycles. The molecule has 0 radical (unpaired) electrons. The van der Waals surface area contributed by atoms with E-state index in [1.807, 2.05) is 0 Å². The summed E-state index contributed by atoms with van der Waals surface area (Å²) >= 11 is 0. The van der Waals surface area contributed by atoms with Crippen LogP contribution in [-0.4, -0.2) is 40.4 Å². The Labute approximate surface area is 79.7 Å². The molecule has 0 aromatic rings. The van der Waals surface area contributed by atoms with Crippen molar-refractivity contribution >= 4 is 18.0 Å². The number of carbonyl (C=O) groups is 3. The number of ether oxygens (including phenoxy) is 1. The number of hydrogen-bond acceptors (Lipinski definition) is 4. The van der Waals surface area contributed by atoms with Gasteiger partial charge in [0.25, 0.3) is 0 Å². The second kappa shape index (κ2) is 5.05. The van der Waals surface area contributed by atoms with Crippen molar-refractivity contribution in [2.75, 3.05) is 0 Å². The highest BCUT2D eigenvalue weighted by molar-refractivity contribution is 5.82. The van der Waals surface area contributed by atoms with Gasteiger partial charge in [-0.2, -0.15) is 0 Å². The summed E-state index contributed by atoms with van der Waals surface area (Å²) in [5, 5.41) is 18.9. The van der Waals surface area contributed by atoms with Gasteiger partial charge in [0.2, 0.25) is 5.91 Å². The van der Waals surface area contributed by atoms with Crippen molar-refractivity contribution in [1.29, 1.82) is 0 Å². The van der Waals surface area contributed by atoms with Crippen molar-refractivity contribution in [3.63, 3.8) is 0 Å². The van der Waals surface area contributed by atoms with Gasteiger partial charge in [0.1, 0.15) is 6.10 Å². The summed E-state index contributed by atoms with van der Waals surface area (Å²) in [6.07, 6.45) is -2.73. The third-order valence-corrected chi connectivity index (χ3v) is 1.38. The lowest BCUT2D eigenvalue weighted by Crippen LogP contribution is -2.48. The maximum atomic E-state index is 10.6. The molecule has 1 amide bonds. The fraction of sp³-hybridized carbons (Fsp3) is 0.571. The summed E-state index contributed by atoms with van der Waals surface area (Å²) < 4.78 is 4.20. The molecule has 14 heavy (non-hydrogen) atoms. The van der Waals surface area contributed by atoms with E-state index in [1.54, 1.807) is 0 Å². The highest BCUT2D eigenvalue weighted by atomic mass is 16.7. The van der Waals surface area contributed by atoms with Crippen molar-refractivity contribution in [1.82, 2.24) is 5.32 Å². The van der Waals surface area contributed by atoms with Gasteiger partial charge in [-0.3, -0.25) is 4.79 Å². The van der Waals surface area contributed by atoms with E-state index in [4.69, 9.17) is 10.2 Å². The fourth-order valence-corrected chi connectivity index (χ4v) is 0.826. The fourth-order valence-electron chi connectivity index (χ4n) is 0.826. The third kappa shape index (κ3) is 4.29. The minimum atomic E-state index is -1.59. The van der Waals surface area contributed by atoms with E-state index in [-0.39, 0.29) is 0 Å². The van der Waals surface area contributed by atoms with Gasteiger partial charge in [-0.15, -0.1) is 0 Å². The Morgan fingerprint density at radius 2 is 1.79 bits per heavy atom. The smallest absolute Gasteiger partial charge is 0.480 e. The summed E-state index contributed by atoms with van der Waals surface area (Å²) in [4.78, 5) is 31.2. The lowest BCUT2D eigenvalue weighted by atomic mass is 10.2. The third-order valence-electron chi connectivity index (χ3n) is 1.38. The number of carboxylic acids is 1. The molecule has 7 heteroatoms. The van der Waals surface area contributed by atoms with E-state index < -0.39 is 30.2 Å². The summed E-state index contributed by atoms with van der Waals surface area (Å²) in [5.74, 6) is -1.92. The second-order valence-corrected chi connectivity index (χ2v) is 2.61. The average Bonchev–Trinajstić information content (AvgIpc) is 1.97. The Kier molecular flexibility index (Phi) is 4.41. The highest BCUT2D eigenvalue weighted by Crippen LogP contribution is 2.00. The number of hydrogen-bond donors (Lipinski definition) is 3. The van der Waals surface area contributed by atoms with Crippen LogP contribution in [-0.2, 0) is 14.3 Å². The van der Waals surface area contributed by atoms with E-state index in [0.29, 0.717) is 0 Å². The molecule has 0 aliphatic rings. The molecule has 0 heterocycles. The second-order valence-electron chi connectivity index (χ2n) is 2.61. The van der Waals surface area contributed by atoms with Crippen LogP contribution in [0.25, 0.3) is 0 Å². The van der Waals surface area contributed by atoms with Crippen LogP contribution >= 0.6 is 0 Å². The summed E-state index contributed by atoms with van der Waals surface area (Å²) in [7, 11) is 0. The molecule has 0 aliphatic heterocycles. The van der Waals surface area contributed by atoms with Crippen LogP contribution < -0.4 is 5.32 Å². The Hall–Kier alpha value is -1.79. The molecule has 0 unspecified atom stereocenters. The van der Waals surface area contributed by atoms with Crippen LogP contribution in [0.3, 0.4) is 0 Å². The molecule has 80 valence electrons. The van der Waals surface area contributed by atoms with Crippen LogP contribution in [0.15, 0.2) is 0 Å². The largest absolute Gasteiger partial charge is 0.506 e. The topological polar surface area (TPSA) is 113 Å². The maximum Gasteiger partial charge on any atom is 0.506 e. The van der Waals surface area contributed by atoms with Crippen molar-refractivity contribution < 1.29 is 29.3 Å². The molecule has 2 atom stereocenters. The first kappa shape index (κ1) is 12.2. The molecular weight excluding hydrogens is 194 g/mol. The summed E-state index contributed by atoms with van der Waals surface area (Å²) in [5.41, 5.74) is 0. The monoisotopic (exact) mass is 205 g/mol. The summed E-state index contributed by atoms with van der Waals surface area (Å²) in [6.45, 7) is 2.37. The first-order valence-electron chi connectivity index (χ1n) is 3.74. The molecule has 3 N–H and O–H groups in total. The lowest BCUT2D eigenvalue weighted by Gasteiger charge is -2.19. The minimum Gasteiger partial charge on any atom is -0.480 e. The van der Waals surface area contributed by atoms with Crippen LogP contribution in [0.5, 0.6) is 0 Å². The number of nitrogens with one attached hydrogen (secondary N) is 1. The summed E-state index contributed by atoms with van der Waals surface area (Å²) in [6, 6.07) is -1.37. The normalized spacial score (nSPS) is 13.9. The first-order chi connectivity index (χ1) is 6.34. The van der Waals surface area contributed by atoms with Gasteiger partial charge in [-0.25, -0.2) is 9.59 Å². The van der Waals surface area contributed by atoms with E-state index in [2.05, 4.69) is 10.1 Å². The molecule has 0 aromatic heterocycles. The average molecular weight is 205 g/mol.